The van der Waals surface area contributed by atoms with Gasteiger partial charge in [0.05, 0.1) is 0 Å². The Morgan fingerprint density at radius 1 is 1.65 bits per heavy atom. The molecule has 94 valence electrons. The first-order chi connectivity index (χ1) is 8.15. The Balaban J connectivity index is 2.14. The number of aliphatic hydroxyl groups excluding tert-OH is 1. The minimum Gasteiger partial charge on any atom is -0.396 e. The molecule has 1 N–H and O–H groups in total. The van der Waals surface area contributed by atoms with Gasteiger partial charge in [-0.05, 0) is 35.3 Å². The molecule has 1 fully saturated rings. The Hall–Kier alpha value is -0.810. The predicted octanol–water partition coefficient (Wildman–Crippen LogP) is 1.72. The maximum absolute atomic E-state index is 12.3. The van der Waals surface area contributed by atoms with Gasteiger partial charge in [0.15, 0.2) is 0 Å². The van der Waals surface area contributed by atoms with Gasteiger partial charge in [0.1, 0.15) is 5.69 Å². The highest BCUT2D eigenvalue weighted by Gasteiger charge is 2.27. The average Bonchev–Trinajstić information content (AvgIpc) is 2.93. The number of aliphatic hydroxyl groups is 1. The van der Waals surface area contributed by atoms with Crippen LogP contribution in [0.3, 0.4) is 0 Å². The van der Waals surface area contributed by atoms with Gasteiger partial charge in [-0.2, -0.15) is 0 Å². The molecule has 0 aromatic carbocycles. The number of amides is 1. The lowest BCUT2D eigenvalue weighted by Crippen LogP contribution is -2.30. The first-order valence-electron chi connectivity index (χ1n) is 5.91. The molecule has 1 aliphatic heterocycles. The molecular formula is C12H17BrN2O2. The maximum Gasteiger partial charge on any atom is 0.270 e. The van der Waals surface area contributed by atoms with Crippen molar-refractivity contribution in [1.82, 2.24) is 9.47 Å². The van der Waals surface area contributed by atoms with Crippen LogP contribution < -0.4 is 0 Å². The number of carbonyl (C=O) groups is 1. The van der Waals surface area contributed by atoms with Gasteiger partial charge in [-0.25, -0.2) is 0 Å². The molecule has 0 bridgehead atoms. The molecule has 1 aromatic rings. The molecule has 0 saturated carbocycles. The summed E-state index contributed by atoms with van der Waals surface area (Å²) in [5.74, 6) is 0.306. The van der Waals surface area contributed by atoms with Gasteiger partial charge < -0.3 is 14.6 Å². The lowest BCUT2D eigenvalue weighted by molar-refractivity contribution is 0.0771. The second kappa shape index (κ2) is 5.23. The van der Waals surface area contributed by atoms with Gasteiger partial charge in [-0.15, -0.1) is 0 Å². The van der Waals surface area contributed by atoms with E-state index in [0.29, 0.717) is 6.54 Å². The van der Waals surface area contributed by atoms with Crippen molar-refractivity contribution < 1.29 is 9.90 Å². The zero-order chi connectivity index (χ0) is 12.4. The topological polar surface area (TPSA) is 45.5 Å². The molecule has 0 aliphatic carbocycles. The van der Waals surface area contributed by atoms with Gasteiger partial charge >= 0.3 is 0 Å². The lowest BCUT2D eigenvalue weighted by Gasteiger charge is -2.17. The third-order valence-corrected chi connectivity index (χ3v) is 3.69. The first-order valence-corrected chi connectivity index (χ1v) is 6.70. The van der Waals surface area contributed by atoms with Crippen molar-refractivity contribution in [3.63, 3.8) is 0 Å². The zero-order valence-corrected chi connectivity index (χ0v) is 11.5. The van der Waals surface area contributed by atoms with Gasteiger partial charge in [0, 0.05) is 42.8 Å². The van der Waals surface area contributed by atoms with Crippen LogP contribution in [0.2, 0.25) is 0 Å². The lowest BCUT2D eigenvalue weighted by atomic mass is 10.1. The maximum atomic E-state index is 12.3. The van der Waals surface area contributed by atoms with E-state index in [4.69, 9.17) is 5.11 Å². The highest BCUT2D eigenvalue weighted by atomic mass is 79.9. The Bertz CT molecular complexity index is 417. The summed E-state index contributed by atoms with van der Waals surface area (Å²) in [6.07, 6.45) is 2.82. The van der Waals surface area contributed by atoms with Crippen LogP contribution in [0.4, 0.5) is 0 Å². The third-order valence-electron chi connectivity index (χ3n) is 3.25. The van der Waals surface area contributed by atoms with Gasteiger partial charge in [0.2, 0.25) is 0 Å². The van der Waals surface area contributed by atoms with Crippen molar-refractivity contribution in [3.05, 3.63) is 22.4 Å². The van der Waals surface area contributed by atoms with Gasteiger partial charge in [0.25, 0.3) is 5.91 Å². The van der Waals surface area contributed by atoms with E-state index in [1.165, 1.54) is 0 Å². The van der Waals surface area contributed by atoms with Crippen molar-refractivity contribution in [1.29, 1.82) is 0 Å². The predicted molar refractivity (Wildman–Crippen MR) is 68.9 cm³/mol. The Morgan fingerprint density at radius 3 is 3.00 bits per heavy atom. The van der Waals surface area contributed by atoms with Crippen molar-refractivity contribution in [2.45, 2.75) is 19.9 Å². The van der Waals surface area contributed by atoms with Crippen molar-refractivity contribution in [3.8, 4) is 0 Å². The van der Waals surface area contributed by atoms with E-state index in [1.54, 1.807) is 0 Å². The van der Waals surface area contributed by atoms with Gasteiger partial charge in [-0.1, -0.05) is 0 Å². The SMILES string of the molecule is CCn1cc(Br)cc1C(=O)N1CCC(CO)C1. The number of rotatable bonds is 3. The monoisotopic (exact) mass is 300 g/mol. The smallest absolute Gasteiger partial charge is 0.270 e. The summed E-state index contributed by atoms with van der Waals surface area (Å²) in [5, 5.41) is 9.09. The van der Waals surface area contributed by atoms with Crippen LogP contribution in [0.15, 0.2) is 16.7 Å². The number of halogens is 1. The fourth-order valence-electron chi connectivity index (χ4n) is 2.24. The van der Waals surface area contributed by atoms with Crippen LogP contribution in [-0.4, -0.2) is 40.2 Å². The molecule has 1 aliphatic rings. The Morgan fingerprint density at radius 2 is 2.41 bits per heavy atom. The van der Waals surface area contributed by atoms with Crippen molar-refractivity contribution in [2.24, 2.45) is 5.92 Å². The summed E-state index contributed by atoms with van der Waals surface area (Å²) in [5.41, 5.74) is 0.720. The molecular weight excluding hydrogens is 284 g/mol. The third kappa shape index (κ3) is 2.55. The number of aryl methyl sites for hydroxylation is 1. The minimum atomic E-state index is 0.0634. The van der Waals surface area contributed by atoms with Crippen LogP contribution in [0.5, 0.6) is 0 Å². The summed E-state index contributed by atoms with van der Waals surface area (Å²) in [6.45, 7) is 4.38. The number of hydrogen-bond acceptors (Lipinski definition) is 2. The molecule has 17 heavy (non-hydrogen) atoms. The molecule has 1 unspecified atom stereocenters. The average molecular weight is 301 g/mol. The van der Waals surface area contributed by atoms with E-state index < -0.39 is 0 Å². The second-order valence-corrected chi connectivity index (χ2v) is 5.33. The minimum absolute atomic E-state index is 0.0634. The number of aromatic nitrogens is 1. The molecule has 1 aromatic heterocycles. The molecule has 2 rings (SSSR count). The summed E-state index contributed by atoms with van der Waals surface area (Å²) in [6, 6.07) is 1.86. The number of nitrogens with zero attached hydrogens (tertiary/aromatic N) is 2. The van der Waals surface area contributed by atoms with E-state index >= 15 is 0 Å². The van der Waals surface area contributed by atoms with Crippen LogP contribution in [0.1, 0.15) is 23.8 Å². The number of carbonyl (C=O) groups excluding carboxylic acids is 1. The fraction of sp³-hybridized carbons (Fsp3) is 0.583. The van der Waals surface area contributed by atoms with E-state index in [9.17, 15) is 4.79 Å². The van der Waals surface area contributed by atoms with Crippen LogP contribution in [0, 0.1) is 5.92 Å². The molecule has 0 spiro atoms. The van der Waals surface area contributed by atoms with E-state index in [-0.39, 0.29) is 18.4 Å². The molecule has 1 saturated heterocycles. The fourth-order valence-corrected chi connectivity index (χ4v) is 2.71. The normalized spacial score (nSPS) is 19.9. The van der Waals surface area contributed by atoms with Gasteiger partial charge in [-0.3, -0.25) is 4.79 Å². The molecule has 1 amide bonds. The molecule has 0 radical (unpaired) electrons. The summed E-state index contributed by atoms with van der Waals surface area (Å²) in [7, 11) is 0. The summed E-state index contributed by atoms with van der Waals surface area (Å²) >= 11 is 3.39. The van der Waals surface area contributed by atoms with Crippen molar-refractivity contribution >= 4 is 21.8 Å². The highest BCUT2D eigenvalue weighted by Crippen LogP contribution is 2.21. The second-order valence-electron chi connectivity index (χ2n) is 4.42. The van der Waals surface area contributed by atoms with Crippen LogP contribution in [0.25, 0.3) is 0 Å². The van der Waals surface area contributed by atoms with E-state index in [1.807, 2.05) is 28.7 Å². The van der Waals surface area contributed by atoms with E-state index in [0.717, 1.165) is 29.7 Å². The van der Waals surface area contributed by atoms with E-state index in [2.05, 4.69) is 15.9 Å². The molecule has 2 heterocycles. The number of likely N-dealkylation sites (tertiary alicyclic amines) is 1. The van der Waals surface area contributed by atoms with Crippen molar-refractivity contribution in [2.75, 3.05) is 19.7 Å². The molecule has 5 heteroatoms. The first kappa shape index (κ1) is 12.6. The Kier molecular flexibility index (Phi) is 3.89. The van der Waals surface area contributed by atoms with Crippen LogP contribution in [-0.2, 0) is 6.54 Å². The van der Waals surface area contributed by atoms with Crippen LogP contribution >= 0.6 is 15.9 Å². The summed E-state index contributed by atoms with van der Waals surface area (Å²) < 4.78 is 2.87. The summed E-state index contributed by atoms with van der Waals surface area (Å²) in [4.78, 5) is 14.1. The molecule has 4 nitrogen and oxygen atoms in total. The highest BCUT2D eigenvalue weighted by molar-refractivity contribution is 9.10. The standard InChI is InChI=1S/C12H17BrN2O2/c1-2-14-7-10(13)5-11(14)12(17)15-4-3-9(6-15)8-16/h5,7,9,16H,2-4,6,8H2,1H3. The molecule has 1 atom stereocenters. The Labute approximate surface area is 109 Å². The zero-order valence-electron chi connectivity index (χ0n) is 9.90. The largest absolute Gasteiger partial charge is 0.396 e. The quantitative estimate of drug-likeness (QED) is 0.924. The number of hydrogen-bond donors (Lipinski definition) is 1.